The van der Waals surface area contributed by atoms with Gasteiger partial charge < -0.3 is 5.32 Å². The Kier molecular flexibility index (Phi) is 4.57. The van der Waals surface area contributed by atoms with Crippen LogP contribution in [0.25, 0.3) is 0 Å². The number of nitrogens with zero attached hydrogens (tertiary/aromatic N) is 1. The van der Waals surface area contributed by atoms with Crippen LogP contribution >= 0.6 is 11.6 Å². The number of carbonyl (C=O) groups excluding carboxylic acids is 1. The summed E-state index contributed by atoms with van der Waals surface area (Å²) < 4.78 is 0. The van der Waals surface area contributed by atoms with Crippen LogP contribution in [-0.2, 0) is 0 Å². The summed E-state index contributed by atoms with van der Waals surface area (Å²) in [6, 6.07) is 5.00. The molecule has 0 saturated heterocycles. The molecule has 3 N–H and O–H groups in total. The molecular weight excluding hydrogens is 204 g/mol. The predicted molar refractivity (Wildman–Crippen MR) is 55.1 cm³/mol. The van der Waals surface area contributed by atoms with Crippen molar-refractivity contribution >= 4 is 23.4 Å². The van der Waals surface area contributed by atoms with E-state index in [9.17, 15) is 4.79 Å². The molecule has 76 valence electrons. The van der Waals surface area contributed by atoms with Gasteiger partial charge in [0, 0.05) is 18.6 Å². The van der Waals surface area contributed by atoms with Crippen molar-refractivity contribution in [1.29, 1.82) is 0 Å². The molecule has 0 atom stereocenters. The number of hydrogen-bond acceptors (Lipinski definition) is 3. The number of aromatic nitrogens is 1. The Morgan fingerprint density at radius 3 is 3.00 bits per heavy atom. The highest BCUT2D eigenvalue weighted by molar-refractivity contribution is 6.18. The molecule has 0 aliphatic carbocycles. The first kappa shape index (κ1) is 10.6. The fourth-order valence-electron chi connectivity index (χ4n) is 0.762. The lowest BCUT2D eigenvalue weighted by Crippen LogP contribution is -2.39. The van der Waals surface area contributed by atoms with E-state index < -0.39 is 0 Å². The van der Waals surface area contributed by atoms with Gasteiger partial charge in [0.1, 0.15) is 5.82 Å². The van der Waals surface area contributed by atoms with Crippen molar-refractivity contribution in [2.75, 3.05) is 17.9 Å². The molecule has 0 unspecified atom stereocenters. The lowest BCUT2D eigenvalue weighted by Gasteiger charge is -2.07. The first-order chi connectivity index (χ1) is 6.83. The van der Waals surface area contributed by atoms with Crippen molar-refractivity contribution in [3.63, 3.8) is 0 Å². The van der Waals surface area contributed by atoms with Gasteiger partial charge in [0.05, 0.1) is 0 Å². The number of alkyl halides is 1. The van der Waals surface area contributed by atoms with Crippen LogP contribution in [0.15, 0.2) is 24.4 Å². The molecular formula is C8H11ClN4O. The monoisotopic (exact) mass is 214 g/mol. The van der Waals surface area contributed by atoms with Crippen molar-refractivity contribution in [3.05, 3.63) is 24.4 Å². The van der Waals surface area contributed by atoms with Gasteiger partial charge in [-0.05, 0) is 12.1 Å². The molecule has 1 rings (SSSR count). The maximum Gasteiger partial charge on any atom is 0.333 e. The third kappa shape index (κ3) is 3.95. The first-order valence-electron chi connectivity index (χ1n) is 4.10. The normalized spacial score (nSPS) is 9.21. The lowest BCUT2D eigenvalue weighted by molar-refractivity contribution is 0.243. The van der Waals surface area contributed by atoms with Crippen molar-refractivity contribution in [1.82, 2.24) is 15.7 Å². The Bertz CT molecular complexity index is 280. The molecule has 1 aromatic rings. The summed E-state index contributed by atoms with van der Waals surface area (Å²) in [6.07, 6.45) is 1.63. The van der Waals surface area contributed by atoms with Crippen molar-refractivity contribution < 1.29 is 4.79 Å². The lowest BCUT2D eigenvalue weighted by atomic mass is 10.5. The minimum atomic E-state index is -0.337. The molecule has 2 amide bonds. The number of halogens is 1. The van der Waals surface area contributed by atoms with Gasteiger partial charge in [0.15, 0.2) is 0 Å². The van der Waals surface area contributed by atoms with E-state index in [4.69, 9.17) is 11.6 Å². The minimum Gasteiger partial charge on any atom is -0.336 e. The largest absolute Gasteiger partial charge is 0.336 e. The third-order valence-corrected chi connectivity index (χ3v) is 1.54. The molecule has 0 spiro atoms. The Labute approximate surface area is 86.8 Å². The molecule has 1 aromatic heterocycles. The van der Waals surface area contributed by atoms with E-state index in [-0.39, 0.29) is 6.03 Å². The van der Waals surface area contributed by atoms with E-state index >= 15 is 0 Å². The van der Waals surface area contributed by atoms with Crippen LogP contribution in [-0.4, -0.2) is 23.4 Å². The second kappa shape index (κ2) is 6.04. The molecule has 1 heterocycles. The molecule has 6 heteroatoms. The Hall–Kier alpha value is -1.49. The van der Waals surface area contributed by atoms with Crippen LogP contribution < -0.4 is 16.2 Å². The number of anilines is 1. The van der Waals surface area contributed by atoms with E-state index in [1.165, 1.54) is 0 Å². The number of hydrogen-bond donors (Lipinski definition) is 3. The molecule has 0 radical (unpaired) electrons. The molecule has 14 heavy (non-hydrogen) atoms. The molecule has 0 aliphatic rings. The van der Waals surface area contributed by atoms with Gasteiger partial charge in [0.2, 0.25) is 0 Å². The third-order valence-electron chi connectivity index (χ3n) is 1.35. The topological polar surface area (TPSA) is 66.1 Å². The van der Waals surface area contributed by atoms with E-state index in [1.54, 1.807) is 18.3 Å². The van der Waals surface area contributed by atoms with Gasteiger partial charge in [-0.25, -0.2) is 9.78 Å². The smallest absolute Gasteiger partial charge is 0.333 e. The second-order valence-electron chi connectivity index (χ2n) is 2.41. The summed E-state index contributed by atoms with van der Waals surface area (Å²) >= 11 is 5.39. The first-order valence-corrected chi connectivity index (χ1v) is 4.63. The van der Waals surface area contributed by atoms with Crippen LogP contribution in [0.2, 0.25) is 0 Å². The molecule has 0 aliphatic heterocycles. The number of amides is 2. The highest BCUT2D eigenvalue weighted by Gasteiger charge is 1.97. The second-order valence-corrected chi connectivity index (χ2v) is 2.79. The maximum atomic E-state index is 11.0. The van der Waals surface area contributed by atoms with Gasteiger partial charge >= 0.3 is 6.03 Å². The quantitative estimate of drug-likeness (QED) is 0.517. The van der Waals surface area contributed by atoms with E-state index in [2.05, 4.69) is 21.2 Å². The van der Waals surface area contributed by atoms with Crippen molar-refractivity contribution in [2.24, 2.45) is 0 Å². The van der Waals surface area contributed by atoms with E-state index in [1.807, 2.05) is 6.07 Å². The number of hydrazine groups is 1. The standard InChI is InChI=1S/C8H11ClN4O/c9-4-6-11-8(14)13-12-7-3-1-2-5-10-7/h1-3,5H,4,6H2,(H,10,12)(H2,11,13,14). The molecule has 0 saturated carbocycles. The van der Waals surface area contributed by atoms with E-state index in [0.717, 1.165) is 0 Å². The fraction of sp³-hybridized carbons (Fsp3) is 0.250. The Morgan fingerprint density at radius 2 is 2.36 bits per heavy atom. The summed E-state index contributed by atoms with van der Waals surface area (Å²) in [4.78, 5) is 15.0. The predicted octanol–water partition coefficient (Wildman–Crippen LogP) is 0.947. The SMILES string of the molecule is O=C(NCCCl)NNc1ccccn1. The number of pyridine rings is 1. The van der Waals surface area contributed by atoms with Gasteiger partial charge in [-0.2, -0.15) is 0 Å². The number of carbonyl (C=O) groups is 1. The molecule has 0 bridgehead atoms. The summed E-state index contributed by atoms with van der Waals surface area (Å²) in [7, 11) is 0. The number of nitrogens with one attached hydrogen (secondary N) is 3. The minimum absolute atomic E-state index is 0.337. The van der Waals surface area contributed by atoms with Gasteiger partial charge in [-0.15, -0.1) is 11.6 Å². The highest BCUT2D eigenvalue weighted by atomic mass is 35.5. The molecule has 0 aromatic carbocycles. The fourth-order valence-corrected chi connectivity index (χ4v) is 0.857. The summed E-state index contributed by atoms with van der Waals surface area (Å²) in [6.45, 7) is 0.428. The zero-order valence-electron chi connectivity index (χ0n) is 7.46. The number of urea groups is 1. The maximum absolute atomic E-state index is 11.0. The summed E-state index contributed by atoms with van der Waals surface area (Å²) in [5.74, 6) is 0.963. The van der Waals surface area contributed by atoms with Crippen LogP contribution in [0.4, 0.5) is 10.6 Å². The average molecular weight is 215 g/mol. The van der Waals surface area contributed by atoms with E-state index in [0.29, 0.717) is 18.2 Å². The average Bonchev–Trinajstić information content (AvgIpc) is 2.25. The van der Waals surface area contributed by atoms with Crippen LogP contribution in [0, 0.1) is 0 Å². The van der Waals surface area contributed by atoms with Crippen LogP contribution in [0.5, 0.6) is 0 Å². The molecule has 0 fully saturated rings. The Morgan fingerprint density at radius 1 is 1.50 bits per heavy atom. The highest BCUT2D eigenvalue weighted by Crippen LogP contribution is 1.96. The zero-order chi connectivity index (χ0) is 10.2. The van der Waals surface area contributed by atoms with Gasteiger partial charge in [-0.3, -0.25) is 10.9 Å². The Balaban J connectivity index is 2.24. The van der Waals surface area contributed by atoms with Crippen molar-refractivity contribution in [3.8, 4) is 0 Å². The summed E-state index contributed by atoms with van der Waals surface area (Å²) in [5.41, 5.74) is 5.05. The molecule has 5 nitrogen and oxygen atoms in total. The van der Waals surface area contributed by atoms with Gasteiger partial charge in [-0.1, -0.05) is 6.07 Å². The van der Waals surface area contributed by atoms with Crippen LogP contribution in [0.3, 0.4) is 0 Å². The van der Waals surface area contributed by atoms with Crippen LogP contribution in [0.1, 0.15) is 0 Å². The number of rotatable bonds is 4. The zero-order valence-corrected chi connectivity index (χ0v) is 8.21. The van der Waals surface area contributed by atoms with Crippen molar-refractivity contribution in [2.45, 2.75) is 0 Å². The van der Waals surface area contributed by atoms with Gasteiger partial charge in [0.25, 0.3) is 0 Å². The summed E-state index contributed by atoms with van der Waals surface area (Å²) in [5, 5.41) is 2.53.